The summed E-state index contributed by atoms with van der Waals surface area (Å²) in [5.74, 6) is -0.681. The monoisotopic (exact) mass is 181 g/mol. The molecule has 0 fully saturated rings. The quantitative estimate of drug-likeness (QED) is 0.641. The number of carboxylic acid groups (broad SMARTS) is 1. The highest BCUT2D eigenvalue weighted by molar-refractivity contribution is 5.94. The Kier molecular flexibility index (Phi) is 2.69. The zero-order chi connectivity index (χ0) is 9.84. The molecule has 1 aromatic rings. The van der Waals surface area contributed by atoms with Crippen LogP contribution < -0.4 is 11.1 Å². The molecule has 5 nitrogen and oxygen atoms in total. The lowest BCUT2D eigenvalue weighted by Crippen LogP contribution is -2.08. The molecule has 0 saturated heterocycles. The second-order valence-electron chi connectivity index (χ2n) is 2.50. The fourth-order valence-corrected chi connectivity index (χ4v) is 0.952. The number of rotatable bonds is 3. The molecule has 0 aromatic carbocycles. The van der Waals surface area contributed by atoms with E-state index in [9.17, 15) is 4.79 Å². The summed E-state index contributed by atoms with van der Waals surface area (Å²) in [6.45, 7) is 2.49. The molecule has 0 aliphatic heterocycles. The summed E-state index contributed by atoms with van der Waals surface area (Å²) in [5.41, 5.74) is 5.85. The molecule has 1 heterocycles. The van der Waals surface area contributed by atoms with Crippen LogP contribution in [0.25, 0.3) is 0 Å². The van der Waals surface area contributed by atoms with Gasteiger partial charge in [0.25, 0.3) is 0 Å². The van der Waals surface area contributed by atoms with Crippen molar-refractivity contribution in [1.82, 2.24) is 4.98 Å². The van der Waals surface area contributed by atoms with Crippen molar-refractivity contribution in [3.63, 3.8) is 0 Å². The minimum atomic E-state index is -1.03. The Balaban J connectivity index is 3.10. The standard InChI is InChI=1S/C8H11N3O2/c1-2-10-7-6(8(12)13)3-5(9)4-11-7/h3-4H,2,9H2,1H3,(H,10,11)(H,12,13). The number of hydrogen-bond acceptors (Lipinski definition) is 4. The van der Waals surface area contributed by atoms with Crippen LogP contribution in [-0.4, -0.2) is 22.6 Å². The third kappa shape index (κ3) is 2.08. The molecule has 4 N–H and O–H groups in total. The van der Waals surface area contributed by atoms with E-state index in [2.05, 4.69) is 10.3 Å². The molecule has 0 aliphatic rings. The van der Waals surface area contributed by atoms with Gasteiger partial charge in [0.05, 0.1) is 11.9 Å². The first-order valence-electron chi connectivity index (χ1n) is 3.87. The first-order chi connectivity index (χ1) is 6.15. The molecule has 0 bridgehead atoms. The smallest absolute Gasteiger partial charge is 0.339 e. The number of aromatic carboxylic acids is 1. The summed E-state index contributed by atoms with van der Waals surface area (Å²) < 4.78 is 0. The second kappa shape index (κ2) is 3.75. The van der Waals surface area contributed by atoms with E-state index < -0.39 is 5.97 Å². The Morgan fingerprint density at radius 3 is 3.00 bits per heavy atom. The number of hydrogen-bond donors (Lipinski definition) is 3. The second-order valence-corrected chi connectivity index (χ2v) is 2.50. The van der Waals surface area contributed by atoms with E-state index in [-0.39, 0.29) is 5.56 Å². The minimum Gasteiger partial charge on any atom is -0.478 e. The van der Waals surface area contributed by atoms with Crippen LogP contribution in [0.2, 0.25) is 0 Å². The molecule has 1 rings (SSSR count). The highest BCUT2D eigenvalue weighted by Crippen LogP contribution is 2.14. The Morgan fingerprint density at radius 1 is 1.77 bits per heavy atom. The molecule has 0 saturated carbocycles. The number of aromatic nitrogens is 1. The molecule has 5 heteroatoms. The maximum Gasteiger partial charge on any atom is 0.339 e. The van der Waals surface area contributed by atoms with Gasteiger partial charge in [0, 0.05) is 6.54 Å². The molecule has 0 amide bonds. The average molecular weight is 181 g/mol. The number of nitrogens with two attached hydrogens (primary N) is 1. The van der Waals surface area contributed by atoms with E-state index in [1.165, 1.54) is 12.3 Å². The molecule has 0 aliphatic carbocycles. The maximum absolute atomic E-state index is 10.7. The SMILES string of the molecule is CCNc1ncc(N)cc1C(=O)O. The number of nitrogen functional groups attached to an aromatic ring is 1. The van der Waals surface area contributed by atoms with Crippen molar-refractivity contribution in [3.8, 4) is 0 Å². The summed E-state index contributed by atoms with van der Waals surface area (Å²) >= 11 is 0. The lowest BCUT2D eigenvalue weighted by atomic mass is 10.2. The number of anilines is 2. The number of carboxylic acids is 1. The first-order valence-corrected chi connectivity index (χ1v) is 3.87. The van der Waals surface area contributed by atoms with E-state index in [1.54, 1.807) is 0 Å². The molecule has 13 heavy (non-hydrogen) atoms. The summed E-state index contributed by atoms with van der Waals surface area (Å²) in [4.78, 5) is 14.6. The molecule has 70 valence electrons. The van der Waals surface area contributed by atoms with Crippen LogP contribution in [0.1, 0.15) is 17.3 Å². The van der Waals surface area contributed by atoms with Gasteiger partial charge in [-0.3, -0.25) is 0 Å². The zero-order valence-electron chi connectivity index (χ0n) is 7.24. The summed E-state index contributed by atoms with van der Waals surface area (Å²) in [6.07, 6.45) is 1.42. The Labute approximate surface area is 75.6 Å². The number of pyridine rings is 1. The molecular weight excluding hydrogens is 170 g/mol. The topological polar surface area (TPSA) is 88.2 Å². The van der Waals surface area contributed by atoms with Crippen molar-refractivity contribution in [1.29, 1.82) is 0 Å². The first kappa shape index (κ1) is 9.31. The fourth-order valence-electron chi connectivity index (χ4n) is 0.952. The van der Waals surface area contributed by atoms with E-state index in [1.807, 2.05) is 6.92 Å². The van der Waals surface area contributed by atoms with Crippen LogP contribution in [0, 0.1) is 0 Å². The maximum atomic E-state index is 10.7. The van der Waals surface area contributed by atoms with E-state index in [4.69, 9.17) is 10.8 Å². The third-order valence-corrected chi connectivity index (χ3v) is 1.48. The lowest BCUT2D eigenvalue weighted by Gasteiger charge is -2.06. The predicted octanol–water partition coefficient (Wildman–Crippen LogP) is 0.794. The largest absolute Gasteiger partial charge is 0.478 e. The number of nitrogens with zero attached hydrogens (tertiary/aromatic N) is 1. The van der Waals surface area contributed by atoms with E-state index >= 15 is 0 Å². The van der Waals surface area contributed by atoms with Crippen LogP contribution in [-0.2, 0) is 0 Å². The van der Waals surface area contributed by atoms with Gasteiger partial charge in [-0.05, 0) is 13.0 Å². The number of nitrogens with one attached hydrogen (secondary N) is 1. The van der Waals surface area contributed by atoms with Crippen molar-refractivity contribution in [2.24, 2.45) is 0 Å². The van der Waals surface area contributed by atoms with Gasteiger partial charge >= 0.3 is 5.97 Å². The van der Waals surface area contributed by atoms with Gasteiger partial charge in [-0.1, -0.05) is 0 Å². The van der Waals surface area contributed by atoms with Gasteiger partial charge in [-0.25, -0.2) is 9.78 Å². The molecular formula is C8H11N3O2. The highest BCUT2D eigenvalue weighted by Gasteiger charge is 2.10. The summed E-state index contributed by atoms with van der Waals surface area (Å²) in [7, 11) is 0. The molecule has 1 aromatic heterocycles. The Bertz CT molecular complexity index is 325. The fraction of sp³-hybridized carbons (Fsp3) is 0.250. The van der Waals surface area contributed by atoms with Gasteiger partial charge in [0.1, 0.15) is 11.4 Å². The van der Waals surface area contributed by atoms with Crippen molar-refractivity contribution in [3.05, 3.63) is 17.8 Å². The number of carbonyl (C=O) groups is 1. The van der Waals surface area contributed by atoms with Crippen LogP contribution in [0.15, 0.2) is 12.3 Å². The zero-order valence-corrected chi connectivity index (χ0v) is 7.24. The van der Waals surface area contributed by atoms with Gasteiger partial charge in [0.15, 0.2) is 0 Å². The van der Waals surface area contributed by atoms with Crippen molar-refractivity contribution < 1.29 is 9.90 Å². The van der Waals surface area contributed by atoms with Crippen molar-refractivity contribution in [2.45, 2.75) is 6.92 Å². The van der Waals surface area contributed by atoms with Crippen molar-refractivity contribution in [2.75, 3.05) is 17.6 Å². The van der Waals surface area contributed by atoms with Crippen LogP contribution >= 0.6 is 0 Å². The molecule has 0 atom stereocenters. The van der Waals surface area contributed by atoms with Crippen LogP contribution in [0.3, 0.4) is 0 Å². The van der Waals surface area contributed by atoms with Gasteiger partial charge < -0.3 is 16.2 Å². The normalized spacial score (nSPS) is 9.62. The lowest BCUT2D eigenvalue weighted by molar-refractivity contribution is 0.0697. The third-order valence-electron chi connectivity index (χ3n) is 1.48. The average Bonchev–Trinajstić information content (AvgIpc) is 2.08. The highest BCUT2D eigenvalue weighted by atomic mass is 16.4. The van der Waals surface area contributed by atoms with Gasteiger partial charge in [0.2, 0.25) is 0 Å². The molecule has 0 spiro atoms. The Hall–Kier alpha value is -1.78. The van der Waals surface area contributed by atoms with Crippen LogP contribution in [0.4, 0.5) is 11.5 Å². The van der Waals surface area contributed by atoms with Gasteiger partial charge in [-0.15, -0.1) is 0 Å². The van der Waals surface area contributed by atoms with Gasteiger partial charge in [-0.2, -0.15) is 0 Å². The Morgan fingerprint density at radius 2 is 2.46 bits per heavy atom. The minimum absolute atomic E-state index is 0.0989. The molecule has 0 radical (unpaired) electrons. The molecule has 0 unspecified atom stereocenters. The summed E-state index contributed by atoms with van der Waals surface area (Å²) in [6, 6.07) is 1.38. The van der Waals surface area contributed by atoms with E-state index in [0.29, 0.717) is 18.1 Å². The predicted molar refractivity (Wildman–Crippen MR) is 49.8 cm³/mol. The van der Waals surface area contributed by atoms with Crippen molar-refractivity contribution >= 4 is 17.5 Å². The van der Waals surface area contributed by atoms with E-state index in [0.717, 1.165) is 0 Å². The summed E-state index contributed by atoms with van der Waals surface area (Å²) in [5, 5.41) is 11.6. The van der Waals surface area contributed by atoms with Crippen LogP contribution in [0.5, 0.6) is 0 Å².